The van der Waals surface area contributed by atoms with Gasteiger partial charge in [-0.3, -0.25) is 4.79 Å². The molecule has 0 spiro atoms. The van der Waals surface area contributed by atoms with Crippen molar-refractivity contribution in [3.63, 3.8) is 0 Å². The summed E-state index contributed by atoms with van der Waals surface area (Å²) in [7, 11) is 1.52. The number of anilines is 1. The Bertz CT molecular complexity index is 835. The Kier molecular flexibility index (Phi) is 6.25. The number of hydrogen-bond donors (Lipinski definition) is 2. The highest BCUT2D eigenvalue weighted by Gasteiger charge is 2.33. The minimum Gasteiger partial charge on any atom is -0.489 e. The van der Waals surface area contributed by atoms with Gasteiger partial charge in [0.15, 0.2) is 0 Å². The molecule has 6 nitrogen and oxygen atoms in total. The van der Waals surface area contributed by atoms with Crippen molar-refractivity contribution in [3.8, 4) is 29.0 Å². The molecule has 138 valence electrons. The normalized spacial score (nSPS) is 10.8. The second kappa shape index (κ2) is 8.40. The molecular formula is C17H16F3N3O3. The molecule has 2 rings (SSSR count). The van der Waals surface area contributed by atoms with Crippen molar-refractivity contribution in [1.29, 1.82) is 0 Å². The molecule has 0 fully saturated rings. The van der Waals surface area contributed by atoms with Gasteiger partial charge in [-0.1, -0.05) is 5.92 Å². The maximum absolute atomic E-state index is 12.7. The van der Waals surface area contributed by atoms with Crippen LogP contribution in [0, 0.1) is 11.8 Å². The van der Waals surface area contributed by atoms with E-state index in [-0.39, 0.29) is 18.1 Å². The van der Waals surface area contributed by atoms with E-state index in [0.717, 1.165) is 0 Å². The fraction of sp³-hybridized carbons (Fsp3) is 0.294. The largest absolute Gasteiger partial charge is 0.489 e. The lowest BCUT2D eigenvalue weighted by Gasteiger charge is -2.12. The fourth-order valence-corrected chi connectivity index (χ4v) is 2.01. The first-order chi connectivity index (χ1) is 12.3. The van der Waals surface area contributed by atoms with Gasteiger partial charge in [-0.25, -0.2) is 4.98 Å². The standard InChI is InChI=1S/C17H16F3N3O3/c1-3-4-15(24)22-12-9-11(5-6-13(12)26-8-7-25-2)16-21-10-14(23-16)17(18,19)20/h5-6,9-10H,7-8H2,1-2H3,(H,21,23)(H,22,24). The van der Waals surface area contributed by atoms with Crippen LogP contribution in [0.5, 0.6) is 5.75 Å². The highest BCUT2D eigenvalue weighted by molar-refractivity contribution is 6.05. The topological polar surface area (TPSA) is 76.2 Å². The number of amides is 1. The molecule has 0 saturated heterocycles. The van der Waals surface area contributed by atoms with Crippen molar-refractivity contribution in [3.05, 3.63) is 30.1 Å². The van der Waals surface area contributed by atoms with Crippen LogP contribution in [0.25, 0.3) is 11.4 Å². The quantitative estimate of drug-likeness (QED) is 0.608. The summed E-state index contributed by atoms with van der Waals surface area (Å²) >= 11 is 0. The summed E-state index contributed by atoms with van der Waals surface area (Å²) in [4.78, 5) is 17.7. The third-order valence-corrected chi connectivity index (χ3v) is 3.17. The maximum atomic E-state index is 12.7. The number of ether oxygens (including phenoxy) is 2. The number of nitrogens with zero attached hydrogens (tertiary/aromatic N) is 1. The first kappa shape index (κ1) is 19.3. The van der Waals surface area contributed by atoms with Gasteiger partial charge in [0.1, 0.15) is 23.9 Å². The molecule has 0 saturated carbocycles. The Morgan fingerprint density at radius 1 is 1.35 bits per heavy atom. The van der Waals surface area contributed by atoms with E-state index < -0.39 is 17.8 Å². The molecule has 2 N–H and O–H groups in total. The number of nitrogens with one attached hydrogen (secondary N) is 2. The highest BCUT2D eigenvalue weighted by atomic mass is 19.4. The summed E-state index contributed by atoms with van der Waals surface area (Å²) in [6.45, 7) is 2.07. The maximum Gasteiger partial charge on any atom is 0.432 e. The number of aromatic amines is 1. The number of H-pyrrole nitrogens is 1. The first-order valence-electron chi connectivity index (χ1n) is 7.47. The average Bonchev–Trinajstić information content (AvgIpc) is 3.07. The number of halogens is 3. The van der Waals surface area contributed by atoms with Gasteiger partial charge in [0.25, 0.3) is 5.91 Å². The van der Waals surface area contributed by atoms with Gasteiger partial charge < -0.3 is 19.8 Å². The summed E-state index contributed by atoms with van der Waals surface area (Å²) in [6.07, 6.45) is -3.82. The van der Waals surface area contributed by atoms with Crippen molar-refractivity contribution in [2.24, 2.45) is 0 Å². The van der Waals surface area contributed by atoms with E-state index in [1.54, 1.807) is 0 Å². The van der Waals surface area contributed by atoms with Gasteiger partial charge in [-0.15, -0.1) is 0 Å². The molecule has 9 heteroatoms. The number of carbonyl (C=O) groups excluding carboxylic acids is 1. The van der Waals surface area contributed by atoms with E-state index >= 15 is 0 Å². The van der Waals surface area contributed by atoms with Gasteiger partial charge in [0.2, 0.25) is 0 Å². The van der Waals surface area contributed by atoms with Crippen molar-refractivity contribution < 1.29 is 27.4 Å². The Labute approximate surface area is 147 Å². The van der Waals surface area contributed by atoms with E-state index in [1.165, 1.54) is 32.2 Å². The average molecular weight is 367 g/mol. The van der Waals surface area contributed by atoms with Crippen LogP contribution in [0.1, 0.15) is 12.6 Å². The molecule has 26 heavy (non-hydrogen) atoms. The summed E-state index contributed by atoms with van der Waals surface area (Å²) in [5, 5.41) is 2.54. The molecule has 0 unspecified atom stereocenters. The van der Waals surface area contributed by atoms with Crippen molar-refractivity contribution >= 4 is 11.6 Å². The zero-order valence-corrected chi connectivity index (χ0v) is 14.0. The Morgan fingerprint density at radius 3 is 2.73 bits per heavy atom. The monoisotopic (exact) mass is 367 g/mol. The third kappa shape index (κ3) is 5.00. The minimum atomic E-state index is -4.53. The fourth-order valence-electron chi connectivity index (χ4n) is 2.01. The molecule has 0 aliphatic rings. The van der Waals surface area contributed by atoms with Crippen LogP contribution in [0.2, 0.25) is 0 Å². The second-order valence-corrected chi connectivity index (χ2v) is 5.02. The van der Waals surface area contributed by atoms with Crippen LogP contribution in [-0.4, -0.2) is 36.2 Å². The molecule has 0 radical (unpaired) electrons. The predicted molar refractivity (Wildman–Crippen MR) is 88.5 cm³/mol. The van der Waals surface area contributed by atoms with E-state index in [2.05, 4.69) is 27.1 Å². The second-order valence-electron chi connectivity index (χ2n) is 5.02. The first-order valence-corrected chi connectivity index (χ1v) is 7.47. The lowest BCUT2D eigenvalue weighted by atomic mass is 10.1. The highest BCUT2D eigenvalue weighted by Crippen LogP contribution is 2.32. The van der Waals surface area contributed by atoms with Crippen LogP contribution >= 0.6 is 0 Å². The van der Waals surface area contributed by atoms with Crippen molar-refractivity contribution in [2.45, 2.75) is 13.1 Å². The number of carbonyl (C=O) groups is 1. The summed E-state index contributed by atoms with van der Waals surface area (Å²) in [6, 6.07) is 4.51. The third-order valence-electron chi connectivity index (χ3n) is 3.17. The minimum absolute atomic E-state index is 0.0119. The summed E-state index contributed by atoms with van der Waals surface area (Å²) in [5.74, 6) is 4.55. The van der Waals surface area contributed by atoms with E-state index in [0.29, 0.717) is 24.1 Å². The van der Waals surface area contributed by atoms with Crippen LogP contribution in [0.15, 0.2) is 24.4 Å². The van der Waals surface area contributed by atoms with Gasteiger partial charge >= 0.3 is 6.18 Å². The lowest BCUT2D eigenvalue weighted by Crippen LogP contribution is -2.12. The Morgan fingerprint density at radius 2 is 2.12 bits per heavy atom. The van der Waals surface area contributed by atoms with Crippen molar-refractivity contribution in [1.82, 2.24) is 9.97 Å². The smallest absolute Gasteiger partial charge is 0.432 e. The summed E-state index contributed by atoms with van der Waals surface area (Å²) < 4.78 is 48.5. The molecule has 0 aliphatic heterocycles. The van der Waals surface area contributed by atoms with Crippen LogP contribution in [-0.2, 0) is 15.7 Å². The lowest BCUT2D eigenvalue weighted by molar-refractivity contribution is -0.140. The SMILES string of the molecule is CC#CC(=O)Nc1cc(-c2ncc(C(F)(F)F)[nH]2)ccc1OCCOC. The van der Waals surface area contributed by atoms with Gasteiger partial charge in [0, 0.05) is 12.7 Å². The zero-order chi connectivity index (χ0) is 19.2. The number of alkyl halides is 3. The van der Waals surface area contributed by atoms with E-state index in [1.807, 2.05) is 0 Å². The Hall–Kier alpha value is -2.99. The molecule has 0 aliphatic carbocycles. The molecular weight excluding hydrogens is 351 g/mol. The van der Waals surface area contributed by atoms with Gasteiger partial charge in [0.05, 0.1) is 18.5 Å². The van der Waals surface area contributed by atoms with Crippen LogP contribution in [0.3, 0.4) is 0 Å². The van der Waals surface area contributed by atoms with Crippen molar-refractivity contribution in [2.75, 3.05) is 25.6 Å². The van der Waals surface area contributed by atoms with E-state index in [9.17, 15) is 18.0 Å². The number of rotatable bonds is 6. The molecule has 1 aromatic carbocycles. The number of aromatic nitrogens is 2. The van der Waals surface area contributed by atoms with Gasteiger partial charge in [-0.2, -0.15) is 13.2 Å². The molecule has 1 amide bonds. The van der Waals surface area contributed by atoms with Gasteiger partial charge in [-0.05, 0) is 31.0 Å². The number of hydrogen-bond acceptors (Lipinski definition) is 4. The summed E-state index contributed by atoms with van der Waals surface area (Å²) in [5.41, 5.74) is -0.356. The van der Waals surface area contributed by atoms with E-state index in [4.69, 9.17) is 9.47 Å². The molecule has 1 heterocycles. The van der Waals surface area contributed by atoms with Crippen LogP contribution in [0.4, 0.5) is 18.9 Å². The predicted octanol–water partition coefficient (Wildman–Crippen LogP) is 3.08. The molecule has 0 bridgehead atoms. The molecule has 1 aromatic heterocycles. The number of imidazole rings is 1. The van der Waals surface area contributed by atoms with Crippen LogP contribution < -0.4 is 10.1 Å². The Balaban J connectivity index is 2.34. The number of benzene rings is 1. The molecule has 2 aromatic rings. The number of methoxy groups -OCH3 is 1. The zero-order valence-electron chi connectivity index (χ0n) is 14.0. The molecule has 0 atom stereocenters.